The molecule has 2 N–H and O–H groups in total. The molecule has 1 fully saturated rings. The van der Waals surface area contributed by atoms with Crippen molar-refractivity contribution in [1.82, 2.24) is 19.7 Å². The lowest BCUT2D eigenvalue weighted by Crippen LogP contribution is -2.15. The molecule has 150 valence electrons. The molecule has 2 aromatic heterocycles. The molecule has 0 atom stereocenters. The highest BCUT2D eigenvalue weighted by atomic mass is 35.5. The van der Waals surface area contributed by atoms with E-state index in [0.717, 1.165) is 51.6 Å². The van der Waals surface area contributed by atoms with Crippen molar-refractivity contribution in [2.24, 2.45) is 0 Å². The lowest BCUT2D eigenvalue weighted by molar-refractivity contribution is 0.688. The average Bonchev–Trinajstić information content (AvgIpc) is 3.48. The maximum absolute atomic E-state index is 9.28. The Balaban J connectivity index is 1.65. The molecule has 0 unspecified atom stereocenters. The van der Waals surface area contributed by atoms with Crippen LogP contribution >= 0.6 is 11.6 Å². The zero-order valence-electron chi connectivity index (χ0n) is 16.6. The Hall–Kier alpha value is -3.14. The average molecular weight is 417 g/mol. The van der Waals surface area contributed by atoms with Crippen molar-refractivity contribution in [2.45, 2.75) is 32.4 Å². The van der Waals surface area contributed by atoms with E-state index in [4.69, 9.17) is 16.6 Å². The van der Waals surface area contributed by atoms with Crippen molar-refractivity contribution in [2.75, 3.05) is 11.9 Å². The normalized spacial score (nSPS) is 13.6. The molecule has 0 radical (unpaired) electrons. The van der Waals surface area contributed by atoms with Gasteiger partial charge in [-0.2, -0.15) is 5.26 Å². The second-order valence-corrected chi connectivity index (χ2v) is 7.98. The van der Waals surface area contributed by atoms with Gasteiger partial charge in [-0.1, -0.05) is 23.7 Å². The number of hydrogen-bond acceptors (Lipinski definition) is 5. The Morgan fingerprint density at radius 2 is 2.10 bits per heavy atom. The SMILES string of the molecule is CCNc1nc2cc(C#N)ccc2n2c(-c3ccc(CNC4CC4)c(Cl)c3)cnc12. The van der Waals surface area contributed by atoms with Crippen LogP contribution in [0.3, 0.4) is 0 Å². The third-order valence-corrected chi connectivity index (χ3v) is 5.75. The molecule has 30 heavy (non-hydrogen) atoms. The van der Waals surface area contributed by atoms with Gasteiger partial charge >= 0.3 is 0 Å². The number of imidazole rings is 1. The maximum atomic E-state index is 9.28. The molecule has 2 heterocycles. The molecule has 0 saturated heterocycles. The highest BCUT2D eigenvalue weighted by Gasteiger charge is 2.21. The van der Waals surface area contributed by atoms with Crippen LogP contribution in [-0.4, -0.2) is 27.0 Å². The van der Waals surface area contributed by atoms with Crippen molar-refractivity contribution < 1.29 is 0 Å². The molecular formula is C23H21ClN6. The predicted octanol–water partition coefficient (Wildman–Crippen LogP) is 4.76. The fourth-order valence-electron chi connectivity index (χ4n) is 3.69. The van der Waals surface area contributed by atoms with E-state index >= 15 is 0 Å². The van der Waals surface area contributed by atoms with Gasteiger partial charge in [-0.25, -0.2) is 9.97 Å². The third kappa shape index (κ3) is 3.36. The molecule has 7 heteroatoms. The van der Waals surface area contributed by atoms with Gasteiger partial charge < -0.3 is 10.6 Å². The summed E-state index contributed by atoms with van der Waals surface area (Å²) in [5.74, 6) is 0.697. The van der Waals surface area contributed by atoms with Crippen molar-refractivity contribution in [3.05, 3.63) is 58.7 Å². The summed E-state index contributed by atoms with van der Waals surface area (Å²) < 4.78 is 2.08. The van der Waals surface area contributed by atoms with Crippen LogP contribution in [0.1, 0.15) is 30.9 Å². The Kier molecular flexibility index (Phi) is 4.78. The summed E-state index contributed by atoms with van der Waals surface area (Å²) in [5, 5.41) is 16.8. The van der Waals surface area contributed by atoms with Gasteiger partial charge in [-0.3, -0.25) is 4.40 Å². The number of benzene rings is 2. The zero-order valence-corrected chi connectivity index (χ0v) is 17.4. The molecule has 0 amide bonds. The van der Waals surface area contributed by atoms with E-state index in [9.17, 15) is 5.26 Å². The topological polar surface area (TPSA) is 78.0 Å². The van der Waals surface area contributed by atoms with Gasteiger partial charge in [0.15, 0.2) is 11.5 Å². The molecular weight excluding hydrogens is 396 g/mol. The summed E-state index contributed by atoms with van der Waals surface area (Å²) in [5.41, 5.74) is 5.99. The maximum Gasteiger partial charge on any atom is 0.181 e. The van der Waals surface area contributed by atoms with Crippen molar-refractivity contribution in [1.29, 1.82) is 5.26 Å². The van der Waals surface area contributed by atoms with Crippen LogP contribution in [0.5, 0.6) is 0 Å². The fraction of sp³-hybridized carbons (Fsp3) is 0.261. The van der Waals surface area contributed by atoms with Gasteiger partial charge in [0.25, 0.3) is 0 Å². The standard InChI is InChI=1S/C23H21ClN6/c1-2-26-22-23-28-13-21(30(23)20-8-3-14(11-25)9-19(20)29-22)15-4-5-16(18(24)10-15)12-27-17-6-7-17/h3-5,8-10,13,17,27H,2,6-7,12H2,1H3,(H,26,29). The van der Waals surface area contributed by atoms with Crippen LogP contribution in [0.2, 0.25) is 5.02 Å². The van der Waals surface area contributed by atoms with Gasteiger partial charge in [-0.05, 0) is 49.6 Å². The van der Waals surface area contributed by atoms with Gasteiger partial charge in [0.1, 0.15) is 0 Å². The van der Waals surface area contributed by atoms with Crippen LogP contribution in [0, 0.1) is 11.3 Å². The number of anilines is 1. The first-order chi connectivity index (χ1) is 14.7. The summed E-state index contributed by atoms with van der Waals surface area (Å²) in [4.78, 5) is 9.35. The monoisotopic (exact) mass is 416 g/mol. The second kappa shape index (κ2) is 7.60. The molecule has 0 spiro atoms. The molecule has 6 nitrogen and oxygen atoms in total. The quantitative estimate of drug-likeness (QED) is 0.474. The van der Waals surface area contributed by atoms with Crippen molar-refractivity contribution >= 4 is 34.1 Å². The molecule has 1 aliphatic rings. The largest absolute Gasteiger partial charge is 0.367 e. The minimum absolute atomic E-state index is 0.578. The van der Waals surface area contributed by atoms with E-state index < -0.39 is 0 Å². The lowest BCUT2D eigenvalue weighted by Gasteiger charge is -2.12. The van der Waals surface area contributed by atoms with Gasteiger partial charge in [0, 0.05) is 29.7 Å². The highest BCUT2D eigenvalue weighted by molar-refractivity contribution is 6.31. The Morgan fingerprint density at radius 3 is 2.83 bits per heavy atom. The lowest BCUT2D eigenvalue weighted by atomic mass is 10.1. The number of rotatable bonds is 6. The summed E-state index contributed by atoms with van der Waals surface area (Å²) in [6.07, 6.45) is 4.35. The second-order valence-electron chi connectivity index (χ2n) is 7.57. The van der Waals surface area contributed by atoms with Crippen LogP contribution < -0.4 is 10.6 Å². The zero-order chi connectivity index (χ0) is 20.7. The van der Waals surface area contributed by atoms with Crippen LogP contribution in [0.15, 0.2) is 42.6 Å². The van der Waals surface area contributed by atoms with Crippen LogP contribution in [0.25, 0.3) is 27.9 Å². The van der Waals surface area contributed by atoms with E-state index in [1.807, 2.05) is 25.3 Å². The molecule has 2 aromatic carbocycles. The number of nitrogens with zero attached hydrogens (tertiary/aromatic N) is 4. The van der Waals surface area contributed by atoms with Gasteiger partial charge in [0.05, 0.1) is 34.6 Å². The Bertz CT molecular complexity index is 1300. The van der Waals surface area contributed by atoms with Gasteiger partial charge in [0.2, 0.25) is 0 Å². The Morgan fingerprint density at radius 1 is 1.23 bits per heavy atom. The first kappa shape index (κ1) is 18.9. The predicted molar refractivity (Wildman–Crippen MR) is 120 cm³/mol. The van der Waals surface area contributed by atoms with Gasteiger partial charge in [-0.15, -0.1) is 0 Å². The van der Waals surface area contributed by atoms with E-state index in [1.54, 1.807) is 12.1 Å². The van der Waals surface area contributed by atoms with E-state index in [1.165, 1.54) is 12.8 Å². The number of hydrogen-bond donors (Lipinski definition) is 2. The number of fused-ring (bicyclic) bond motifs is 3. The van der Waals surface area contributed by atoms with Crippen molar-refractivity contribution in [3.63, 3.8) is 0 Å². The fourth-order valence-corrected chi connectivity index (χ4v) is 3.93. The van der Waals surface area contributed by atoms with E-state index in [0.29, 0.717) is 17.4 Å². The van der Waals surface area contributed by atoms with Crippen LogP contribution in [-0.2, 0) is 6.54 Å². The summed E-state index contributed by atoms with van der Waals surface area (Å²) in [6, 6.07) is 14.5. The number of halogens is 1. The number of nitriles is 1. The van der Waals surface area contributed by atoms with Crippen molar-refractivity contribution in [3.8, 4) is 17.3 Å². The smallest absolute Gasteiger partial charge is 0.181 e. The molecule has 5 rings (SSSR count). The minimum atomic E-state index is 0.578. The first-order valence-electron chi connectivity index (χ1n) is 10.2. The number of nitrogens with one attached hydrogen (secondary N) is 2. The summed E-state index contributed by atoms with van der Waals surface area (Å²) >= 11 is 6.61. The molecule has 1 aliphatic carbocycles. The number of aromatic nitrogens is 3. The molecule has 4 aromatic rings. The van der Waals surface area contributed by atoms with E-state index in [-0.39, 0.29) is 0 Å². The highest BCUT2D eigenvalue weighted by Crippen LogP contribution is 2.31. The van der Waals surface area contributed by atoms with Crippen LogP contribution in [0.4, 0.5) is 5.82 Å². The van der Waals surface area contributed by atoms with E-state index in [2.05, 4.69) is 38.2 Å². The third-order valence-electron chi connectivity index (χ3n) is 5.40. The molecule has 0 aliphatic heterocycles. The molecule has 0 bridgehead atoms. The summed E-state index contributed by atoms with van der Waals surface area (Å²) in [7, 11) is 0. The Labute approximate surface area is 179 Å². The summed E-state index contributed by atoms with van der Waals surface area (Å²) in [6.45, 7) is 3.53. The molecule has 1 saturated carbocycles. The first-order valence-corrected chi connectivity index (χ1v) is 10.5. The minimum Gasteiger partial charge on any atom is -0.367 e.